The third kappa shape index (κ3) is 19.2. The number of aryl methyl sites for hydroxylation is 2. The molecule has 0 unspecified atom stereocenters. The third-order valence-corrected chi connectivity index (χ3v) is 36.1. The molecule has 6 heteroatoms. The zero-order valence-corrected chi connectivity index (χ0v) is 67.9. The van der Waals surface area contributed by atoms with E-state index in [0.717, 1.165) is 82.1 Å². The average Bonchev–Trinajstić information content (AvgIpc) is 0.763. The standard InChI is InChI=1S/C84H124GeO4.2CH3.Zr/c1-25-27-29-31-33-35-37-59-43-69(61-47-65(81(13,14)15)51-66(48-61)82(16,17)18)77(86)73(45-59)71-53-63(79(7,8)9)39-41-75(71)88-55-85(57(3)4,58(5)6)56-89-76-42-40-64(80(10,11)12)54-72(76)74-46-60(38-36-34-32-30-28-26-2)44-70(78(74)87)62-49-67(83(19,20)21)52-68(50-62)84(22,23)24;;;/h39-54,57-58,86-87H,25-38,55-56H2,1-24H3;2*1H3;/q;;;+2/p-2. The van der Waals surface area contributed by atoms with Gasteiger partial charge in [0.25, 0.3) is 0 Å². The molecule has 0 aromatic heterocycles. The van der Waals surface area contributed by atoms with E-state index in [0.29, 0.717) is 20.4 Å². The minimum absolute atomic E-state index is 0.104. The summed E-state index contributed by atoms with van der Waals surface area (Å²) in [7, 11) is 0. The Labute approximate surface area is 572 Å². The van der Waals surface area contributed by atoms with Gasteiger partial charge in [-0.2, -0.15) is 0 Å². The van der Waals surface area contributed by atoms with Crippen LogP contribution in [-0.4, -0.2) is 24.1 Å². The Morgan fingerprint density at radius 1 is 0.348 bits per heavy atom. The van der Waals surface area contributed by atoms with Gasteiger partial charge in [0.2, 0.25) is 0 Å². The van der Waals surface area contributed by atoms with Crippen molar-refractivity contribution < 1.29 is 36.2 Å². The van der Waals surface area contributed by atoms with Gasteiger partial charge in [-0.15, -0.1) is 0 Å². The van der Waals surface area contributed by atoms with Crippen LogP contribution in [0.5, 0.6) is 23.0 Å². The summed E-state index contributed by atoms with van der Waals surface area (Å²) in [5.74, 6) is 3.63. The van der Waals surface area contributed by atoms with Crippen molar-refractivity contribution in [3.8, 4) is 67.5 Å². The van der Waals surface area contributed by atoms with Crippen molar-refractivity contribution in [2.75, 3.05) is 10.9 Å². The number of rotatable bonds is 18. The first-order valence-corrected chi connectivity index (χ1v) is 48.6. The van der Waals surface area contributed by atoms with Crippen molar-refractivity contribution in [1.82, 2.24) is 0 Å². The first-order chi connectivity index (χ1) is 42.7. The first-order valence-electron chi connectivity index (χ1n) is 36.3. The predicted molar refractivity (Wildman–Crippen MR) is 401 cm³/mol. The van der Waals surface area contributed by atoms with Gasteiger partial charge in [-0.25, -0.2) is 0 Å². The second-order valence-corrected chi connectivity index (χ2v) is 54.4. The molecule has 0 N–H and O–H groups in total. The number of unbranched alkanes of at least 4 members (excludes halogenated alkanes) is 10. The molecule has 0 aliphatic carbocycles. The van der Waals surface area contributed by atoms with Crippen LogP contribution in [0.1, 0.15) is 288 Å². The molecule has 0 fully saturated rings. The van der Waals surface area contributed by atoms with Gasteiger partial charge in [0.15, 0.2) is 0 Å². The molecule has 1 aliphatic heterocycles. The molecular formula is C86H128GeO4Zr. The molecule has 0 saturated carbocycles. The molecule has 0 bridgehead atoms. The molecule has 7 rings (SSSR count). The van der Waals surface area contributed by atoms with Gasteiger partial charge in [0.05, 0.1) is 0 Å². The van der Waals surface area contributed by atoms with E-state index in [1.807, 2.05) is 0 Å². The van der Waals surface area contributed by atoms with Crippen LogP contribution in [0, 0.1) is 0 Å². The summed E-state index contributed by atoms with van der Waals surface area (Å²) >= 11 is -7.81. The van der Waals surface area contributed by atoms with Gasteiger partial charge in [-0.05, 0) is 0 Å². The summed E-state index contributed by atoms with van der Waals surface area (Å²) in [5, 5.41) is 0. The van der Waals surface area contributed by atoms with Crippen LogP contribution in [0.2, 0.25) is 18.8 Å². The van der Waals surface area contributed by atoms with Crippen LogP contribution >= 0.6 is 0 Å². The predicted octanol–water partition coefficient (Wildman–Crippen LogP) is 26.6. The summed E-state index contributed by atoms with van der Waals surface area (Å²) in [4.78, 5) is 0. The maximum absolute atomic E-state index is 8.37. The molecule has 0 atom stereocenters. The van der Waals surface area contributed by atoms with Crippen molar-refractivity contribution >= 4 is 13.3 Å². The van der Waals surface area contributed by atoms with E-state index in [4.69, 9.17) is 15.1 Å². The van der Waals surface area contributed by atoms with Crippen LogP contribution in [-0.2, 0) is 66.5 Å². The molecule has 504 valence electrons. The summed E-state index contributed by atoms with van der Waals surface area (Å²) in [6.07, 6.45) is 16.8. The first kappa shape index (κ1) is 75.3. The van der Waals surface area contributed by atoms with Crippen molar-refractivity contribution in [2.24, 2.45) is 0 Å². The average molecular weight is 1390 g/mol. The number of benzene rings is 6. The van der Waals surface area contributed by atoms with Gasteiger partial charge < -0.3 is 0 Å². The fraction of sp³-hybridized carbons (Fsp3) is 0.581. The van der Waals surface area contributed by atoms with E-state index in [1.165, 1.54) is 120 Å². The van der Waals surface area contributed by atoms with Crippen molar-refractivity contribution in [3.05, 3.63) is 142 Å². The molecule has 0 spiro atoms. The van der Waals surface area contributed by atoms with E-state index >= 15 is 0 Å². The zero-order chi connectivity index (χ0) is 68.2. The third-order valence-electron chi connectivity index (χ3n) is 20.1. The summed E-state index contributed by atoms with van der Waals surface area (Å²) in [6, 6.07) is 39.1. The number of hydrogen-bond acceptors (Lipinski definition) is 4. The van der Waals surface area contributed by atoms with E-state index in [9.17, 15) is 0 Å². The van der Waals surface area contributed by atoms with Crippen molar-refractivity contribution in [2.45, 2.75) is 307 Å². The molecule has 6 aromatic rings. The maximum atomic E-state index is 8.37. The second kappa shape index (κ2) is 30.2. The van der Waals surface area contributed by atoms with E-state index in [-0.39, 0.29) is 32.5 Å². The topological polar surface area (TPSA) is 36.9 Å². The minimum atomic E-state index is -4.56. The summed E-state index contributed by atoms with van der Waals surface area (Å²) in [5.41, 5.74) is 20.2. The van der Waals surface area contributed by atoms with Crippen LogP contribution < -0.4 is 15.1 Å². The monoisotopic (exact) mass is 1390 g/mol. The quantitative estimate of drug-likeness (QED) is 0.0635. The van der Waals surface area contributed by atoms with Gasteiger partial charge in [-0.1, -0.05) is 13.8 Å². The number of ether oxygens (including phenoxy) is 2. The Morgan fingerprint density at radius 3 is 0.935 bits per heavy atom. The van der Waals surface area contributed by atoms with Gasteiger partial charge in [0, 0.05) is 0 Å². The van der Waals surface area contributed by atoms with Crippen LogP contribution in [0.15, 0.2) is 97.1 Å². The normalized spacial score (nSPS) is 15.0. The van der Waals surface area contributed by atoms with Gasteiger partial charge in [0.1, 0.15) is 0 Å². The number of hydrogen-bond donors (Lipinski definition) is 0. The van der Waals surface area contributed by atoms with Crippen molar-refractivity contribution in [3.63, 3.8) is 0 Å². The van der Waals surface area contributed by atoms with Crippen LogP contribution in [0.4, 0.5) is 0 Å². The summed E-state index contributed by atoms with van der Waals surface area (Å²) in [6.45, 7) is 56.9. The molecule has 92 heavy (non-hydrogen) atoms. The zero-order valence-electron chi connectivity index (χ0n) is 63.3. The van der Waals surface area contributed by atoms with Crippen molar-refractivity contribution in [1.29, 1.82) is 0 Å². The van der Waals surface area contributed by atoms with Gasteiger partial charge in [-0.3, -0.25) is 0 Å². The Morgan fingerprint density at radius 2 is 0.641 bits per heavy atom. The second-order valence-electron chi connectivity index (χ2n) is 35.3. The van der Waals surface area contributed by atoms with E-state index in [2.05, 4.69) is 272 Å². The Hall–Kier alpha value is -4.05. The molecule has 1 heterocycles. The molecule has 0 saturated heterocycles. The SMILES string of the molecule is CCCCCCCCc1cc(-c2cc(C(C)(C)C)cc(C(C)(C)C)c2)c2c(c1)-c1cc(C(C)(C)C)ccc1O[CH2][Ge]([CH](C)C)([CH](C)C)[CH2]Oc1ccc(C(C)(C)C)cc1-c1cc(CCCCCCCC)cc(-c3cc(C(C)(C)C)cc(C(C)(C)C)c3)c1[O][Zr]([CH3])([CH3])[O]2. The fourth-order valence-electron chi connectivity index (χ4n) is 13.2. The van der Waals surface area contributed by atoms with E-state index in [1.54, 1.807) is 0 Å². The number of fused-ring (bicyclic) bond motifs is 6. The molecule has 0 amide bonds. The van der Waals surface area contributed by atoms with E-state index < -0.39 is 34.4 Å². The Bertz CT molecular complexity index is 3150. The fourth-order valence-corrected chi connectivity index (χ4v) is 24.4. The Balaban J connectivity index is 1.70. The molecule has 4 nitrogen and oxygen atoms in total. The molecule has 1 aliphatic rings. The molecule has 6 aromatic carbocycles. The van der Waals surface area contributed by atoms with Crippen LogP contribution in [0.25, 0.3) is 44.5 Å². The summed E-state index contributed by atoms with van der Waals surface area (Å²) < 4.78 is 37.7. The van der Waals surface area contributed by atoms with Crippen LogP contribution in [0.3, 0.4) is 0 Å². The Kier molecular flexibility index (Phi) is 24.7. The van der Waals surface area contributed by atoms with Gasteiger partial charge >= 0.3 is 563 Å². The molecule has 0 radical (unpaired) electrons. The molecular weight excluding hydrogens is 1260 g/mol.